The lowest BCUT2D eigenvalue weighted by molar-refractivity contribution is 0.156. The lowest BCUT2D eigenvalue weighted by Gasteiger charge is -2.15. The average molecular weight is 242 g/mol. The van der Waals surface area contributed by atoms with E-state index in [1.807, 2.05) is 0 Å². The Balaban J connectivity index is 2.46. The van der Waals surface area contributed by atoms with Crippen molar-refractivity contribution in [2.24, 2.45) is 5.73 Å². The predicted molar refractivity (Wildman–Crippen MR) is 60.0 cm³/mol. The molecular weight excluding hydrogens is 227 g/mol. The minimum absolute atomic E-state index is 0.110. The van der Waals surface area contributed by atoms with Crippen molar-refractivity contribution < 1.29 is 19.0 Å². The van der Waals surface area contributed by atoms with Crippen molar-refractivity contribution in [3.63, 3.8) is 0 Å². The monoisotopic (exact) mass is 242 g/mol. The Morgan fingerprint density at radius 2 is 2.35 bits per heavy atom. The van der Waals surface area contributed by atoms with E-state index in [-0.39, 0.29) is 18.4 Å². The lowest BCUT2D eigenvalue weighted by Crippen LogP contribution is -2.26. The van der Waals surface area contributed by atoms with Gasteiger partial charge in [-0.2, -0.15) is 0 Å². The van der Waals surface area contributed by atoms with Gasteiger partial charge in [-0.15, -0.1) is 0 Å². The van der Waals surface area contributed by atoms with E-state index in [1.54, 1.807) is 6.92 Å². The van der Waals surface area contributed by atoms with Gasteiger partial charge in [-0.3, -0.25) is 0 Å². The zero-order valence-electron chi connectivity index (χ0n) is 9.44. The first-order valence-corrected chi connectivity index (χ1v) is 5.14. The molecule has 1 aromatic carbocycles. The van der Waals surface area contributed by atoms with Crippen molar-refractivity contribution in [1.29, 1.82) is 0 Å². The molecule has 0 radical (unpaired) electrons. The molecule has 94 valence electrons. The highest BCUT2D eigenvalue weighted by Crippen LogP contribution is 2.24. The molecule has 1 amide bonds. The van der Waals surface area contributed by atoms with E-state index in [0.29, 0.717) is 12.1 Å². The van der Waals surface area contributed by atoms with Crippen LogP contribution in [-0.2, 0) is 4.74 Å². The molecule has 0 saturated carbocycles. The number of rotatable bonds is 5. The van der Waals surface area contributed by atoms with Crippen LogP contribution in [0.1, 0.15) is 18.5 Å². The molecule has 6 heteroatoms. The van der Waals surface area contributed by atoms with Gasteiger partial charge in [0.1, 0.15) is 18.2 Å². The quantitative estimate of drug-likeness (QED) is 0.679. The second-order valence-corrected chi connectivity index (χ2v) is 3.55. The van der Waals surface area contributed by atoms with E-state index in [1.165, 1.54) is 12.1 Å². The van der Waals surface area contributed by atoms with Crippen LogP contribution in [-0.4, -0.2) is 24.4 Å². The minimum atomic E-state index is -0.830. The first-order chi connectivity index (χ1) is 8.00. The smallest absolute Gasteiger partial charge is 0.404 e. The molecule has 0 aromatic heterocycles. The number of benzene rings is 1. The van der Waals surface area contributed by atoms with Crippen LogP contribution >= 0.6 is 0 Å². The Morgan fingerprint density at radius 1 is 1.65 bits per heavy atom. The lowest BCUT2D eigenvalue weighted by atomic mass is 10.1. The summed E-state index contributed by atoms with van der Waals surface area (Å²) in [4.78, 5) is 10.3. The molecule has 5 nitrogen and oxygen atoms in total. The number of amides is 1. The van der Waals surface area contributed by atoms with Crippen LogP contribution in [0.3, 0.4) is 0 Å². The molecule has 0 aliphatic heterocycles. The number of hydrogen-bond donors (Lipinski definition) is 3. The van der Waals surface area contributed by atoms with Crippen molar-refractivity contribution in [1.82, 2.24) is 5.32 Å². The number of nitrogens with one attached hydrogen (secondary N) is 1. The number of phenolic OH excluding ortho intramolecular Hbond substituents is 1. The zero-order valence-corrected chi connectivity index (χ0v) is 9.44. The SMILES string of the molecule is CC(NCCOC(N)=O)c1ccc(F)cc1O. The summed E-state index contributed by atoms with van der Waals surface area (Å²) in [7, 11) is 0. The molecule has 1 atom stereocenters. The third-order valence-electron chi connectivity index (χ3n) is 2.26. The third kappa shape index (κ3) is 4.28. The number of carbonyl (C=O) groups excluding carboxylic acids is 1. The van der Waals surface area contributed by atoms with E-state index >= 15 is 0 Å². The van der Waals surface area contributed by atoms with Crippen LogP contribution < -0.4 is 11.1 Å². The summed E-state index contributed by atoms with van der Waals surface area (Å²) in [5, 5.41) is 12.5. The number of ether oxygens (including phenoxy) is 1. The molecule has 0 aliphatic rings. The first-order valence-electron chi connectivity index (χ1n) is 5.14. The summed E-state index contributed by atoms with van der Waals surface area (Å²) in [6.45, 7) is 2.33. The second kappa shape index (κ2) is 6.05. The minimum Gasteiger partial charge on any atom is -0.508 e. The first kappa shape index (κ1) is 13.2. The molecular formula is C11H15FN2O3. The van der Waals surface area contributed by atoms with Crippen molar-refractivity contribution in [2.75, 3.05) is 13.2 Å². The Labute approximate surface area is 98.4 Å². The maximum atomic E-state index is 12.8. The molecule has 0 bridgehead atoms. The fourth-order valence-electron chi connectivity index (χ4n) is 1.42. The van der Waals surface area contributed by atoms with Gasteiger partial charge >= 0.3 is 6.09 Å². The van der Waals surface area contributed by atoms with Gasteiger partial charge in [-0.25, -0.2) is 9.18 Å². The summed E-state index contributed by atoms with van der Waals surface area (Å²) in [5.41, 5.74) is 5.37. The number of nitrogens with two attached hydrogens (primary N) is 1. The largest absolute Gasteiger partial charge is 0.508 e. The van der Waals surface area contributed by atoms with Gasteiger partial charge in [0, 0.05) is 24.2 Å². The van der Waals surface area contributed by atoms with E-state index in [2.05, 4.69) is 10.1 Å². The maximum Gasteiger partial charge on any atom is 0.404 e. The van der Waals surface area contributed by atoms with E-state index in [9.17, 15) is 14.3 Å². The Kier molecular flexibility index (Phi) is 4.71. The number of primary amides is 1. The number of aromatic hydroxyl groups is 1. The molecule has 1 unspecified atom stereocenters. The molecule has 1 rings (SSSR count). The number of halogens is 1. The molecule has 0 fully saturated rings. The van der Waals surface area contributed by atoms with Crippen molar-refractivity contribution in [2.45, 2.75) is 13.0 Å². The predicted octanol–water partition coefficient (Wildman–Crippen LogP) is 1.28. The van der Waals surface area contributed by atoms with Crippen molar-refractivity contribution >= 4 is 6.09 Å². The van der Waals surface area contributed by atoms with Gasteiger partial charge in [0.15, 0.2) is 0 Å². The number of phenols is 1. The van der Waals surface area contributed by atoms with Gasteiger partial charge in [0.05, 0.1) is 0 Å². The van der Waals surface area contributed by atoms with E-state index < -0.39 is 11.9 Å². The van der Waals surface area contributed by atoms with Gasteiger partial charge in [-0.1, -0.05) is 6.07 Å². The summed E-state index contributed by atoms with van der Waals surface area (Å²) < 4.78 is 17.3. The van der Waals surface area contributed by atoms with E-state index in [0.717, 1.165) is 6.07 Å². The number of hydrogen-bond acceptors (Lipinski definition) is 4. The summed E-state index contributed by atoms with van der Waals surface area (Å²) in [6, 6.07) is 3.63. The number of carbonyl (C=O) groups is 1. The van der Waals surface area contributed by atoms with Crippen molar-refractivity contribution in [3.8, 4) is 5.75 Å². The highest BCUT2D eigenvalue weighted by Gasteiger charge is 2.10. The summed E-state index contributed by atoms with van der Waals surface area (Å²) in [5.74, 6) is -0.601. The Hall–Kier alpha value is -1.82. The van der Waals surface area contributed by atoms with Crippen LogP contribution in [0.5, 0.6) is 5.75 Å². The standard InChI is InChI=1S/C11H15FN2O3/c1-7(14-4-5-17-11(13)16)9-3-2-8(12)6-10(9)15/h2-3,6-7,14-15H,4-5H2,1H3,(H2,13,16). The van der Waals surface area contributed by atoms with Gasteiger partial charge in [-0.05, 0) is 13.0 Å². The fraction of sp³-hybridized carbons (Fsp3) is 0.364. The molecule has 0 heterocycles. The van der Waals surface area contributed by atoms with Crippen molar-refractivity contribution in [3.05, 3.63) is 29.6 Å². The molecule has 0 saturated heterocycles. The van der Waals surface area contributed by atoms with Crippen LogP contribution in [0.4, 0.5) is 9.18 Å². The Morgan fingerprint density at radius 3 is 2.94 bits per heavy atom. The van der Waals surface area contributed by atoms with Crippen LogP contribution in [0.2, 0.25) is 0 Å². The average Bonchev–Trinajstić information content (AvgIpc) is 2.23. The molecule has 4 N–H and O–H groups in total. The molecule has 1 aromatic rings. The van der Waals surface area contributed by atoms with Crippen LogP contribution in [0, 0.1) is 5.82 Å². The maximum absolute atomic E-state index is 12.8. The molecule has 17 heavy (non-hydrogen) atoms. The topological polar surface area (TPSA) is 84.6 Å². The molecule has 0 spiro atoms. The Bertz CT molecular complexity index is 398. The molecule has 0 aliphatic carbocycles. The highest BCUT2D eigenvalue weighted by molar-refractivity contribution is 5.64. The third-order valence-corrected chi connectivity index (χ3v) is 2.26. The van der Waals surface area contributed by atoms with Gasteiger partial charge in [0.25, 0.3) is 0 Å². The van der Waals surface area contributed by atoms with E-state index in [4.69, 9.17) is 5.73 Å². The second-order valence-electron chi connectivity index (χ2n) is 3.55. The highest BCUT2D eigenvalue weighted by atomic mass is 19.1. The van der Waals surface area contributed by atoms with Gasteiger partial charge in [0.2, 0.25) is 0 Å². The zero-order chi connectivity index (χ0) is 12.8. The van der Waals surface area contributed by atoms with Crippen LogP contribution in [0.25, 0.3) is 0 Å². The summed E-state index contributed by atoms with van der Waals surface area (Å²) >= 11 is 0. The van der Waals surface area contributed by atoms with Gasteiger partial charge < -0.3 is 20.9 Å². The fourth-order valence-corrected chi connectivity index (χ4v) is 1.42. The summed E-state index contributed by atoms with van der Waals surface area (Å²) in [6.07, 6.45) is -0.830. The van der Waals surface area contributed by atoms with Crippen LogP contribution in [0.15, 0.2) is 18.2 Å². The normalized spacial score (nSPS) is 12.1.